The zero-order valence-corrected chi connectivity index (χ0v) is 8.97. The molecule has 0 fully saturated rings. The van der Waals surface area contributed by atoms with Gasteiger partial charge in [0.15, 0.2) is 0 Å². The van der Waals surface area contributed by atoms with E-state index < -0.39 is 0 Å². The minimum Gasteiger partial charge on any atom is -0.354 e. The second kappa shape index (κ2) is 8.52. The SMILES string of the molecule is CCC(CC)NCC(=O)NCCC#N. The summed E-state index contributed by atoms with van der Waals surface area (Å²) >= 11 is 0. The molecular formula is C10H19N3O. The van der Waals surface area contributed by atoms with E-state index in [1.807, 2.05) is 6.07 Å². The number of rotatable bonds is 7. The van der Waals surface area contributed by atoms with Crippen molar-refractivity contribution in [3.8, 4) is 6.07 Å². The minimum atomic E-state index is -0.0350. The maximum atomic E-state index is 11.2. The topological polar surface area (TPSA) is 64.9 Å². The molecule has 14 heavy (non-hydrogen) atoms. The molecule has 0 radical (unpaired) electrons. The van der Waals surface area contributed by atoms with Gasteiger partial charge in [-0.15, -0.1) is 0 Å². The van der Waals surface area contributed by atoms with E-state index in [-0.39, 0.29) is 5.91 Å². The van der Waals surface area contributed by atoms with Crippen molar-refractivity contribution in [1.82, 2.24) is 10.6 Å². The monoisotopic (exact) mass is 197 g/mol. The van der Waals surface area contributed by atoms with E-state index in [0.717, 1.165) is 12.8 Å². The number of hydrogen-bond donors (Lipinski definition) is 2. The number of nitriles is 1. The first-order valence-electron chi connectivity index (χ1n) is 5.11. The Labute approximate surface area is 85.7 Å². The molecule has 4 nitrogen and oxygen atoms in total. The normalized spacial score (nSPS) is 9.86. The van der Waals surface area contributed by atoms with Crippen LogP contribution in [0.5, 0.6) is 0 Å². The summed E-state index contributed by atoms with van der Waals surface area (Å²) in [7, 11) is 0. The van der Waals surface area contributed by atoms with Crippen LogP contribution in [0.1, 0.15) is 33.1 Å². The molecule has 0 aliphatic carbocycles. The first-order chi connectivity index (χ1) is 6.74. The van der Waals surface area contributed by atoms with E-state index >= 15 is 0 Å². The van der Waals surface area contributed by atoms with E-state index in [0.29, 0.717) is 25.6 Å². The zero-order valence-electron chi connectivity index (χ0n) is 8.97. The standard InChI is InChI=1S/C10H19N3O/c1-3-9(4-2)13-8-10(14)12-7-5-6-11/h9,13H,3-5,7-8H2,1-2H3,(H,12,14). The van der Waals surface area contributed by atoms with Crippen LogP contribution in [0.15, 0.2) is 0 Å². The summed E-state index contributed by atoms with van der Waals surface area (Å²) in [6, 6.07) is 2.39. The lowest BCUT2D eigenvalue weighted by molar-refractivity contribution is -0.120. The molecule has 0 aromatic heterocycles. The van der Waals surface area contributed by atoms with E-state index in [2.05, 4.69) is 24.5 Å². The van der Waals surface area contributed by atoms with Crippen molar-refractivity contribution >= 4 is 5.91 Å². The summed E-state index contributed by atoms with van der Waals surface area (Å²) in [5, 5.41) is 14.1. The zero-order chi connectivity index (χ0) is 10.8. The summed E-state index contributed by atoms with van der Waals surface area (Å²) < 4.78 is 0. The smallest absolute Gasteiger partial charge is 0.233 e. The molecule has 0 rings (SSSR count). The summed E-state index contributed by atoms with van der Waals surface area (Å²) in [4.78, 5) is 11.2. The summed E-state index contributed by atoms with van der Waals surface area (Å²) in [5.41, 5.74) is 0. The van der Waals surface area contributed by atoms with Crippen molar-refractivity contribution < 1.29 is 4.79 Å². The maximum absolute atomic E-state index is 11.2. The van der Waals surface area contributed by atoms with Crippen molar-refractivity contribution in [1.29, 1.82) is 5.26 Å². The summed E-state index contributed by atoms with van der Waals surface area (Å²) in [6.45, 7) is 4.97. The Morgan fingerprint density at radius 2 is 2.07 bits per heavy atom. The van der Waals surface area contributed by atoms with Gasteiger partial charge in [0.2, 0.25) is 5.91 Å². The third kappa shape index (κ3) is 6.44. The third-order valence-corrected chi connectivity index (χ3v) is 2.10. The van der Waals surface area contributed by atoms with Gasteiger partial charge in [-0.2, -0.15) is 5.26 Å². The summed E-state index contributed by atoms with van der Waals surface area (Å²) in [6.07, 6.45) is 2.43. The Morgan fingerprint density at radius 3 is 2.57 bits per heavy atom. The first kappa shape index (κ1) is 12.9. The predicted molar refractivity (Wildman–Crippen MR) is 55.6 cm³/mol. The number of hydrogen-bond acceptors (Lipinski definition) is 3. The van der Waals surface area contributed by atoms with Gasteiger partial charge in [-0.1, -0.05) is 13.8 Å². The molecule has 0 heterocycles. The molecule has 0 aliphatic heterocycles. The Kier molecular flexibility index (Phi) is 7.86. The van der Waals surface area contributed by atoms with Crippen LogP contribution in [0.25, 0.3) is 0 Å². The molecule has 0 saturated heterocycles. The largest absolute Gasteiger partial charge is 0.354 e. The quantitative estimate of drug-likeness (QED) is 0.593. The molecule has 2 N–H and O–H groups in total. The molecule has 0 spiro atoms. The second-order valence-electron chi connectivity index (χ2n) is 3.15. The van der Waals surface area contributed by atoms with Gasteiger partial charge in [0.25, 0.3) is 0 Å². The van der Waals surface area contributed by atoms with E-state index in [1.165, 1.54) is 0 Å². The highest BCUT2D eigenvalue weighted by atomic mass is 16.1. The van der Waals surface area contributed by atoms with Gasteiger partial charge in [-0.25, -0.2) is 0 Å². The Hall–Kier alpha value is -1.08. The van der Waals surface area contributed by atoms with Crippen LogP contribution in [-0.4, -0.2) is 25.0 Å². The van der Waals surface area contributed by atoms with Crippen LogP contribution in [0.4, 0.5) is 0 Å². The van der Waals surface area contributed by atoms with Crippen LogP contribution < -0.4 is 10.6 Å². The maximum Gasteiger partial charge on any atom is 0.233 e. The molecule has 80 valence electrons. The van der Waals surface area contributed by atoms with Crippen molar-refractivity contribution in [3.63, 3.8) is 0 Å². The lowest BCUT2D eigenvalue weighted by Gasteiger charge is -2.13. The molecule has 0 bridgehead atoms. The average molecular weight is 197 g/mol. The van der Waals surface area contributed by atoms with Crippen molar-refractivity contribution in [3.05, 3.63) is 0 Å². The predicted octanol–water partition coefficient (Wildman–Crippen LogP) is 0.794. The van der Waals surface area contributed by atoms with Crippen LogP contribution >= 0.6 is 0 Å². The molecule has 1 amide bonds. The molecule has 0 unspecified atom stereocenters. The van der Waals surface area contributed by atoms with Gasteiger partial charge >= 0.3 is 0 Å². The fraction of sp³-hybridized carbons (Fsp3) is 0.800. The van der Waals surface area contributed by atoms with E-state index in [4.69, 9.17) is 5.26 Å². The molecular weight excluding hydrogens is 178 g/mol. The van der Waals surface area contributed by atoms with Crippen LogP contribution in [0.3, 0.4) is 0 Å². The van der Waals surface area contributed by atoms with E-state index in [1.54, 1.807) is 0 Å². The third-order valence-electron chi connectivity index (χ3n) is 2.10. The fourth-order valence-electron chi connectivity index (χ4n) is 1.13. The van der Waals surface area contributed by atoms with Crippen molar-refractivity contribution in [2.75, 3.05) is 13.1 Å². The van der Waals surface area contributed by atoms with E-state index in [9.17, 15) is 4.79 Å². The van der Waals surface area contributed by atoms with Gasteiger partial charge in [-0.05, 0) is 12.8 Å². The number of carbonyl (C=O) groups is 1. The number of carbonyl (C=O) groups excluding carboxylic acids is 1. The van der Waals surface area contributed by atoms with Crippen LogP contribution in [-0.2, 0) is 4.79 Å². The molecule has 0 saturated carbocycles. The Bertz CT molecular complexity index is 194. The van der Waals surface area contributed by atoms with Gasteiger partial charge < -0.3 is 10.6 Å². The molecule has 0 atom stereocenters. The lowest BCUT2D eigenvalue weighted by atomic mass is 10.2. The Balaban J connectivity index is 3.48. The lowest BCUT2D eigenvalue weighted by Crippen LogP contribution is -2.38. The second-order valence-corrected chi connectivity index (χ2v) is 3.15. The van der Waals surface area contributed by atoms with Gasteiger partial charge in [-0.3, -0.25) is 4.79 Å². The number of nitrogens with one attached hydrogen (secondary N) is 2. The molecule has 0 aromatic rings. The number of amides is 1. The average Bonchev–Trinajstić information content (AvgIpc) is 2.20. The van der Waals surface area contributed by atoms with Gasteiger partial charge in [0, 0.05) is 12.6 Å². The van der Waals surface area contributed by atoms with Gasteiger partial charge in [0.05, 0.1) is 19.0 Å². The van der Waals surface area contributed by atoms with Crippen molar-refractivity contribution in [2.45, 2.75) is 39.2 Å². The van der Waals surface area contributed by atoms with Gasteiger partial charge in [0.1, 0.15) is 0 Å². The van der Waals surface area contributed by atoms with Crippen LogP contribution in [0.2, 0.25) is 0 Å². The molecule has 4 heteroatoms. The highest BCUT2D eigenvalue weighted by Gasteiger charge is 2.05. The van der Waals surface area contributed by atoms with Crippen molar-refractivity contribution in [2.24, 2.45) is 0 Å². The fourth-order valence-corrected chi connectivity index (χ4v) is 1.13. The minimum absolute atomic E-state index is 0.0350. The van der Waals surface area contributed by atoms with Crippen LogP contribution in [0, 0.1) is 11.3 Å². The highest BCUT2D eigenvalue weighted by molar-refractivity contribution is 5.77. The highest BCUT2D eigenvalue weighted by Crippen LogP contribution is 1.94. The first-order valence-corrected chi connectivity index (χ1v) is 5.11. The molecule has 0 aliphatic rings. The molecule has 0 aromatic carbocycles. The summed E-state index contributed by atoms with van der Waals surface area (Å²) in [5.74, 6) is -0.0350. The Morgan fingerprint density at radius 1 is 1.43 bits per heavy atom. The number of nitrogens with zero attached hydrogens (tertiary/aromatic N) is 1.